The number of hydrogen-bond donors (Lipinski definition) is 0. The van der Waals surface area contributed by atoms with Crippen LogP contribution in [0.3, 0.4) is 0 Å². The summed E-state index contributed by atoms with van der Waals surface area (Å²) in [6, 6.07) is 4.65. The number of anilines is 1. The van der Waals surface area contributed by atoms with Crippen molar-refractivity contribution >= 4 is 21.6 Å². The molecule has 0 saturated carbocycles. The maximum absolute atomic E-state index is 13.2. The molecule has 0 unspecified atom stereocenters. The van der Waals surface area contributed by atoms with Crippen LogP contribution in [-0.4, -0.2) is 76.0 Å². The molecule has 0 fully saturated rings. The van der Waals surface area contributed by atoms with Crippen molar-refractivity contribution < 1.29 is 31.1 Å². The lowest BCUT2D eigenvalue weighted by atomic mass is 10.2. The first kappa shape index (κ1) is 24.8. The average Bonchev–Trinajstić information content (AvgIpc) is 2.77. The van der Waals surface area contributed by atoms with E-state index in [0.29, 0.717) is 19.6 Å². The normalized spacial score (nSPS) is 14.1. The van der Waals surface area contributed by atoms with E-state index in [1.54, 1.807) is 4.90 Å². The summed E-state index contributed by atoms with van der Waals surface area (Å²) < 4.78 is 71.5. The SMILES string of the molecule is CCN(CCN(C)C)C(=O)c1cnc2c(c1)N(S(=O)(=O)c1ccc(C(F)(F)F)cc1)CCO2. The van der Waals surface area contributed by atoms with E-state index in [0.717, 1.165) is 28.6 Å². The minimum absolute atomic E-state index is 0.0110. The lowest BCUT2D eigenvalue weighted by Crippen LogP contribution is -2.39. The van der Waals surface area contributed by atoms with Crippen molar-refractivity contribution in [2.75, 3.05) is 51.2 Å². The van der Waals surface area contributed by atoms with E-state index in [2.05, 4.69) is 4.98 Å². The summed E-state index contributed by atoms with van der Waals surface area (Å²) in [5, 5.41) is 0. The molecule has 0 aliphatic carbocycles. The number of hydrogen-bond acceptors (Lipinski definition) is 6. The zero-order valence-corrected chi connectivity index (χ0v) is 19.3. The molecule has 1 aromatic carbocycles. The van der Waals surface area contributed by atoms with Gasteiger partial charge < -0.3 is 14.5 Å². The Morgan fingerprint density at radius 1 is 1.18 bits per heavy atom. The van der Waals surface area contributed by atoms with Crippen LogP contribution in [0, 0.1) is 0 Å². The summed E-state index contributed by atoms with van der Waals surface area (Å²) in [4.78, 5) is 20.4. The molecular weight excluding hydrogens is 461 g/mol. The summed E-state index contributed by atoms with van der Waals surface area (Å²) >= 11 is 0. The maximum Gasteiger partial charge on any atom is 0.416 e. The lowest BCUT2D eigenvalue weighted by Gasteiger charge is -2.30. The number of sulfonamides is 1. The van der Waals surface area contributed by atoms with Gasteiger partial charge in [-0.25, -0.2) is 13.4 Å². The van der Waals surface area contributed by atoms with Gasteiger partial charge in [-0.05, 0) is 51.4 Å². The molecule has 33 heavy (non-hydrogen) atoms. The van der Waals surface area contributed by atoms with Crippen LogP contribution in [-0.2, 0) is 16.2 Å². The second-order valence-electron chi connectivity index (χ2n) is 7.68. The largest absolute Gasteiger partial charge is 0.474 e. The van der Waals surface area contributed by atoms with Crippen molar-refractivity contribution in [1.29, 1.82) is 0 Å². The molecular formula is C21H25F3N4O4S. The first-order valence-electron chi connectivity index (χ1n) is 10.2. The Morgan fingerprint density at radius 2 is 1.85 bits per heavy atom. The van der Waals surface area contributed by atoms with Crippen LogP contribution in [0.2, 0.25) is 0 Å². The van der Waals surface area contributed by atoms with Crippen LogP contribution in [0.5, 0.6) is 5.88 Å². The third-order valence-electron chi connectivity index (χ3n) is 5.14. The number of likely N-dealkylation sites (N-methyl/N-ethyl adjacent to an activating group) is 2. The first-order valence-corrected chi connectivity index (χ1v) is 11.7. The molecule has 180 valence electrons. The third kappa shape index (κ3) is 5.38. The minimum atomic E-state index is -4.58. The van der Waals surface area contributed by atoms with Gasteiger partial charge in [-0.1, -0.05) is 0 Å². The topological polar surface area (TPSA) is 83.0 Å². The van der Waals surface area contributed by atoms with Gasteiger partial charge in [0.2, 0.25) is 5.88 Å². The van der Waals surface area contributed by atoms with Crippen LogP contribution in [0.15, 0.2) is 41.4 Å². The second kappa shape index (κ2) is 9.56. The van der Waals surface area contributed by atoms with Gasteiger partial charge in [0.25, 0.3) is 15.9 Å². The number of benzene rings is 1. The van der Waals surface area contributed by atoms with E-state index < -0.39 is 21.8 Å². The highest BCUT2D eigenvalue weighted by Crippen LogP contribution is 2.35. The molecule has 2 aromatic rings. The van der Waals surface area contributed by atoms with Gasteiger partial charge in [-0.2, -0.15) is 13.2 Å². The zero-order chi connectivity index (χ0) is 24.4. The summed E-state index contributed by atoms with van der Waals surface area (Å²) in [7, 11) is -0.435. The van der Waals surface area contributed by atoms with Gasteiger partial charge in [0.15, 0.2) is 0 Å². The number of pyridine rings is 1. The highest BCUT2D eigenvalue weighted by atomic mass is 32.2. The van der Waals surface area contributed by atoms with Gasteiger partial charge >= 0.3 is 6.18 Å². The molecule has 1 aliphatic rings. The molecule has 1 amide bonds. The molecule has 12 heteroatoms. The quantitative estimate of drug-likeness (QED) is 0.599. The molecule has 0 N–H and O–H groups in total. The van der Waals surface area contributed by atoms with Crippen molar-refractivity contribution in [3.8, 4) is 5.88 Å². The molecule has 3 rings (SSSR count). The molecule has 8 nitrogen and oxygen atoms in total. The molecule has 0 atom stereocenters. The van der Waals surface area contributed by atoms with Crippen LogP contribution in [0.25, 0.3) is 0 Å². The highest BCUT2D eigenvalue weighted by molar-refractivity contribution is 7.92. The van der Waals surface area contributed by atoms with Crippen molar-refractivity contribution in [1.82, 2.24) is 14.8 Å². The Kier molecular flexibility index (Phi) is 7.17. The monoisotopic (exact) mass is 486 g/mol. The van der Waals surface area contributed by atoms with Crippen molar-refractivity contribution in [3.05, 3.63) is 47.7 Å². The number of rotatable bonds is 7. The molecule has 0 radical (unpaired) electrons. The average molecular weight is 487 g/mol. The van der Waals surface area contributed by atoms with Gasteiger partial charge in [-0.15, -0.1) is 0 Å². The van der Waals surface area contributed by atoms with Crippen molar-refractivity contribution in [2.45, 2.75) is 18.0 Å². The number of amides is 1. The fraction of sp³-hybridized carbons (Fsp3) is 0.429. The van der Waals surface area contributed by atoms with E-state index in [9.17, 15) is 26.4 Å². The number of aromatic nitrogens is 1. The van der Waals surface area contributed by atoms with E-state index in [4.69, 9.17) is 4.74 Å². The molecule has 1 aliphatic heterocycles. The number of nitrogens with zero attached hydrogens (tertiary/aromatic N) is 4. The summed E-state index contributed by atoms with van der Waals surface area (Å²) in [5.41, 5.74) is -0.695. The Morgan fingerprint density at radius 3 is 2.42 bits per heavy atom. The number of halogens is 3. The summed E-state index contributed by atoms with van der Waals surface area (Å²) in [5.74, 6) is -0.281. The predicted octanol–water partition coefficient (Wildman–Crippen LogP) is 2.71. The summed E-state index contributed by atoms with van der Waals surface area (Å²) in [6.07, 6.45) is -3.25. The van der Waals surface area contributed by atoms with Crippen LogP contribution < -0.4 is 9.04 Å². The van der Waals surface area contributed by atoms with Gasteiger partial charge in [0, 0.05) is 25.8 Å². The molecule has 0 saturated heterocycles. The summed E-state index contributed by atoms with van der Waals surface area (Å²) in [6.45, 7) is 3.35. The van der Waals surface area contributed by atoms with Crippen LogP contribution >= 0.6 is 0 Å². The predicted molar refractivity (Wildman–Crippen MR) is 116 cm³/mol. The smallest absolute Gasteiger partial charge is 0.416 e. The molecule has 0 spiro atoms. The molecule has 1 aromatic heterocycles. The third-order valence-corrected chi connectivity index (χ3v) is 6.96. The van der Waals surface area contributed by atoms with E-state index in [-0.39, 0.29) is 41.1 Å². The maximum atomic E-state index is 13.2. The molecule has 0 bridgehead atoms. The number of alkyl halides is 3. The lowest BCUT2D eigenvalue weighted by molar-refractivity contribution is -0.137. The molecule has 2 heterocycles. The van der Waals surface area contributed by atoms with Gasteiger partial charge in [0.1, 0.15) is 12.3 Å². The fourth-order valence-corrected chi connectivity index (χ4v) is 4.73. The second-order valence-corrected chi connectivity index (χ2v) is 9.55. The Bertz CT molecular complexity index is 1110. The van der Waals surface area contributed by atoms with Gasteiger partial charge in [0.05, 0.1) is 22.6 Å². The van der Waals surface area contributed by atoms with E-state index in [1.165, 1.54) is 12.3 Å². The number of fused-ring (bicyclic) bond motifs is 1. The zero-order valence-electron chi connectivity index (χ0n) is 18.5. The fourth-order valence-electron chi connectivity index (χ4n) is 3.29. The van der Waals surface area contributed by atoms with Crippen LogP contribution in [0.4, 0.5) is 18.9 Å². The Balaban J connectivity index is 1.94. The van der Waals surface area contributed by atoms with Crippen molar-refractivity contribution in [3.63, 3.8) is 0 Å². The number of carbonyl (C=O) groups excluding carboxylic acids is 1. The van der Waals surface area contributed by atoms with Crippen LogP contribution in [0.1, 0.15) is 22.8 Å². The van der Waals surface area contributed by atoms with E-state index >= 15 is 0 Å². The minimum Gasteiger partial charge on any atom is -0.474 e. The highest BCUT2D eigenvalue weighted by Gasteiger charge is 2.34. The van der Waals surface area contributed by atoms with E-state index in [1.807, 2.05) is 25.9 Å². The number of ether oxygens (including phenoxy) is 1. The standard InChI is InChI=1S/C21H25F3N4O4S/c1-4-27(10-9-26(2)3)20(29)15-13-18-19(25-14-15)32-12-11-28(18)33(30,31)17-7-5-16(6-8-17)21(22,23)24/h5-8,13-14H,4,9-12H2,1-3H3. The first-order chi connectivity index (χ1) is 15.4. The Hall–Kier alpha value is -2.86. The van der Waals surface area contributed by atoms with Crippen molar-refractivity contribution in [2.24, 2.45) is 0 Å². The Labute approximate surface area is 190 Å². The number of carbonyl (C=O) groups is 1. The van der Waals surface area contributed by atoms with Gasteiger partial charge in [-0.3, -0.25) is 9.10 Å².